The fourth-order valence-corrected chi connectivity index (χ4v) is 6.68. The number of fused-ring (bicyclic) bond motifs is 1. The second-order valence-corrected chi connectivity index (χ2v) is 12.2. The van der Waals surface area contributed by atoms with Gasteiger partial charge < -0.3 is 24.0 Å². The van der Waals surface area contributed by atoms with Crippen molar-refractivity contribution < 1.29 is 23.4 Å². The number of amides is 1. The number of ether oxygens (including phenoxy) is 3. The van der Waals surface area contributed by atoms with Gasteiger partial charge in [0.2, 0.25) is 0 Å². The van der Waals surface area contributed by atoms with E-state index in [9.17, 15) is 9.18 Å². The molecule has 0 bridgehead atoms. The van der Waals surface area contributed by atoms with E-state index < -0.39 is 5.82 Å². The third kappa shape index (κ3) is 5.90. The highest BCUT2D eigenvalue weighted by molar-refractivity contribution is 5.97. The molecule has 2 aliphatic heterocycles. The van der Waals surface area contributed by atoms with Crippen LogP contribution in [0.1, 0.15) is 55.1 Å². The van der Waals surface area contributed by atoms with Crippen LogP contribution in [0.4, 0.5) is 10.2 Å². The number of methoxy groups -OCH3 is 1. The molecule has 1 aromatic heterocycles. The summed E-state index contributed by atoms with van der Waals surface area (Å²) in [5.74, 6) is 1.63. The third-order valence-electron chi connectivity index (χ3n) is 8.86. The molecular formula is C33H40FN5O4. The monoisotopic (exact) mass is 589 g/mol. The molecule has 3 aromatic rings. The summed E-state index contributed by atoms with van der Waals surface area (Å²) in [5.41, 5.74) is 3.00. The zero-order chi connectivity index (χ0) is 30.1. The first kappa shape index (κ1) is 29.3. The Morgan fingerprint density at radius 3 is 2.70 bits per heavy atom. The van der Waals surface area contributed by atoms with Gasteiger partial charge in [-0.15, -0.1) is 0 Å². The van der Waals surface area contributed by atoms with Crippen LogP contribution >= 0.6 is 0 Å². The van der Waals surface area contributed by atoms with Gasteiger partial charge in [0.05, 0.1) is 18.4 Å². The zero-order valence-corrected chi connectivity index (χ0v) is 25.4. The van der Waals surface area contributed by atoms with Crippen molar-refractivity contribution in [3.8, 4) is 17.2 Å². The van der Waals surface area contributed by atoms with Crippen molar-refractivity contribution in [2.75, 3.05) is 44.8 Å². The van der Waals surface area contributed by atoms with Gasteiger partial charge in [-0.1, -0.05) is 12.1 Å². The molecule has 1 amide bonds. The summed E-state index contributed by atoms with van der Waals surface area (Å²) in [6.45, 7) is 11.4. The maximum Gasteiger partial charge on any atom is 0.257 e. The Bertz CT molecular complexity index is 1470. The summed E-state index contributed by atoms with van der Waals surface area (Å²) in [6.07, 6.45) is 5.27. The molecule has 9 nitrogen and oxygen atoms in total. The minimum absolute atomic E-state index is 0.0322. The molecule has 3 aliphatic rings. The highest BCUT2D eigenvalue weighted by Gasteiger charge is 2.54. The number of benzene rings is 2. The zero-order valence-electron chi connectivity index (χ0n) is 25.4. The first-order chi connectivity index (χ1) is 20.8. The lowest BCUT2D eigenvalue weighted by atomic mass is 9.61. The molecule has 43 heavy (non-hydrogen) atoms. The van der Waals surface area contributed by atoms with E-state index in [1.54, 1.807) is 18.2 Å². The van der Waals surface area contributed by atoms with Crippen molar-refractivity contribution in [2.24, 2.45) is 5.41 Å². The summed E-state index contributed by atoms with van der Waals surface area (Å²) in [6, 6.07) is 10.4. The van der Waals surface area contributed by atoms with Crippen molar-refractivity contribution >= 4 is 11.7 Å². The molecule has 1 spiro atoms. The smallest absolute Gasteiger partial charge is 0.257 e. The minimum Gasteiger partial charge on any atom is -0.490 e. The SMILES string of the molecule is CCN(C(=O)c1cc(F)ccc1Oc1cncnc1N1CC2(CC(Oc3cccc4c3CN(CCOC)C4)C2)C1)C(C)C. The number of aromatic nitrogens is 2. The maximum atomic E-state index is 14.2. The largest absolute Gasteiger partial charge is 0.490 e. The van der Waals surface area contributed by atoms with Gasteiger partial charge >= 0.3 is 0 Å². The molecular weight excluding hydrogens is 549 g/mol. The normalized spacial score (nSPS) is 17.5. The van der Waals surface area contributed by atoms with Gasteiger partial charge in [0, 0.05) is 63.4 Å². The molecule has 228 valence electrons. The lowest BCUT2D eigenvalue weighted by molar-refractivity contribution is -0.0349. The fourth-order valence-electron chi connectivity index (χ4n) is 6.68. The van der Waals surface area contributed by atoms with Crippen molar-refractivity contribution in [2.45, 2.75) is 58.8 Å². The van der Waals surface area contributed by atoms with E-state index in [4.69, 9.17) is 14.2 Å². The Hall–Kier alpha value is -3.76. The van der Waals surface area contributed by atoms with E-state index in [0.29, 0.717) is 18.1 Å². The molecule has 2 fully saturated rings. The average Bonchev–Trinajstić information content (AvgIpc) is 3.38. The molecule has 3 heterocycles. The molecule has 10 heteroatoms. The van der Waals surface area contributed by atoms with E-state index in [2.05, 4.69) is 38.0 Å². The van der Waals surface area contributed by atoms with Crippen LogP contribution in [0.25, 0.3) is 0 Å². The van der Waals surface area contributed by atoms with E-state index in [1.807, 2.05) is 20.8 Å². The van der Waals surface area contributed by atoms with Gasteiger partial charge in [0.15, 0.2) is 11.6 Å². The van der Waals surface area contributed by atoms with Crippen LogP contribution in [0.2, 0.25) is 0 Å². The van der Waals surface area contributed by atoms with Gasteiger partial charge in [-0.25, -0.2) is 14.4 Å². The van der Waals surface area contributed by atoms with Gasteiger partial charge in [-0.3, -0.25) is 9.69 Å². The highest BCUT2D eigenvalue weighted by atomic mass is 19.1. The number of carbonyl (C=O) groups is 1. The summed E-state index contributed by atoms with van der Waals surface area (Å²) in [4.78, 5) is 28.2. The van der Waals surface area contributed by atoms with Crippen LogP contribution in [-0.2, 0) is 17.8 Å². The number of nitrogens with zero attached hydrogens (tertiary/aromatic N) is 5. The lowest BCUT2D eigenvalue weighted by Gasteiger charge is -2.59. The first-order valence-corrected chi connectivity index (χ1v) is 15.1. The number of halogens is 1. The summed E-state index contributed by atoms with van der Waals surface area (Å²) in [7, 11) is 1.74. The van der Waals surface area contributed by atoms with Crippen molar-refractivity contribution in [3.05, 3.63) is 71.4 Å². The van der Waals surface area contributed by atoms with Crippen molar-refractivity contribution in [1.29, 1.82) is 0 Å². The number of rotatable bonds is 11. The molecule has 2 aromatic carbocycles. The van der Waals surface area contributed by atoms with Crippen LogP contribution in [-0.4, -0.2) is 77.7 Å². The molecule has 0 atom stereocenters. The van der Waals surface area contributed by atoms with Gasteiger partial charge in [0.25, 0.3) is 5.91 Å². The van der Waals surface area contributed by atoms with Crippen molar-refractivity contribution in [3.63, 3.8) is 0 Å². The number of anilines is 1. The molecule has 0 radical (unpaired) electrons. The first-order valence-electron chi connectivity index (χ1n) is 15.1. The van der Waals surface area contributed by atoms with E-state index in [-0.39, 0.29) is 34.8 Å². The van der Waals surface area contributed by atoms with E-state index in [0.717, 1.165) is 57.9 Å². The second kappa shape index (κ2) is 12.1. The molecule has 6 rings (SSSR count). The van der Waals surface area contributed by atoms with Crippen LogP contribution in [0.5, 0.6) is 17.2 Å². The standard InChI is InChI=1S/C33H40FN5O4/c1-5-39(22(2)3)32(40)26-13-24(34)9-10-29(26)43-30-16-35-21-36-31(30)38-19-33(20-38)14-25(15-33)42-28-8-6-7-23-17-37(11-12-41-4)18-27(23)28/h6-10,13,16,21-22,25H,5,11-12,14-15,17-20H2,1-4H3. The Morgan fingerprint density at radius 2 is 1.95 bits per heavy atom. The Kier molecular flexibility index (Phi) is 8.24. The molecule has 1 saturated heterocycles. The number of hydrogen-bond donors (Lipinski definition) is 0. The topological polar surface area (TPSA) is 80.3 Å². The minimum atomic E-state index is -0.490. The van der Waals surface area contributed by atoms with Crippen LogP contribution < -0.4 is 14.4 Å². The Labute approximate surface area is 252 Å². The Balaban J connectivity index is 1.09. The van der Waals surface area contributed by atoms with Gasteiger partial charge in [-0.05, 0) is 63.4 Å². The van der Waals surface area contributed by atoms with E-state index in [1.165, 1.54) is 35.7 Å². The number of carbonyl (C=O) groups excluding carboxylic acids is 1. The summed E-state index contributed by atoms with van der Waals surface area (Å²) >= 11 is 0. The van der Waals surface area contributed by atoms with Gasteiger partial charge in [-0.2, -0.15) is 0 Å². The lowest BCUT2D eigenvalue weighted by Crippen LogP contribution is -2.65. The summed E-state index contributed by atoms with van der Waals surface area (Å²) in [5, 5.41) is 0. The van der Waals surface area contributed by atoms with Crippen LogP contribution in [0.3, 0.4) is 0 Å². The highest BCUT2D eigenvalue weighted by Crippen LogP contribution is 2.52. The van der Waals surface area contributed by atoms with Gasteiger partial charge in [0.1, 0.15) is 29.7 Å². The van der Waals surface area contributed by atoms with Crippen LogP contribution in [0.15, 0.2) is 48.9 Å². The predicted octanol–water partition coefficient (Wildman–Crippen LogP) is 5.29. The average molecular weight is 590 g/mol. The molecule has 1 saturated carbocycles. The molecule has 0 unspecified atom stereocenters. The molecule has 1 aliphatic carbocycles. The second-order valence-electron chi connectivity index (χ2n) is 12.2. The maximum absolute atomic E-state index is 14.2. The third-order valence-corrected chi connectivity index (χ3v) is 8.86. The van der Waals surface area contributed by atoms with E-state index >= 15 is 0 Å². The quantitative estimate of drug-likeness (QED) is 0.299. The molecule has 0 N–H and O–H groups in total. The predicted molar refractivity (Wildman–Crippen MR) is 161 cm³/mol. The Morgan fingerprint density at radius 1 is 1.14 bits per heavy atom. The number of hydrogen-bond acceptors (Lipinski definition) is 8. The van der Waals surface area contributed by atoms with Crippen molar-refractivity contribution in [1.82, 2.24) is 19.8 Å². The summed E-state index contributed by atoms with van der Waals surface area (Å²) < 4.78 is 32.2. The fraction of sp³-hybridized carbons (Fsp3) is 0.485. The van der Waals surface area contributed by atoms with Crippen LogP contribution in [0, 0.1) is 11.2 Å².